The summed E-state index contributed by atoms with van der Waals surface area (Å²) in [6.45, 7) is 4.29. The Hall–Kier alpha value is -0.830. The third-order valence-electron chi connectivity index (χ3n) is 2.44. The lowest BCUT2D eigenvalue weighted by Crippen LogP contribution is -2.32. The van der Waals surface area contributed by atoms with Crippen LogP contribution in [-0.2, 0) is 0 Å². The van der Waals surface area contributed by atoms with Gasteiger partial charge in [-0.2, -0.15) is 0 Å². The van der Waals surface area contributed by atoms with Crippen LogP contribution in [0.25, 0.3) is 0 Å². The van der Waals surface area contributed by atoms with Crippen molar-refractivity contribution in [3.8, 4) is 0 Å². The van der Waals surface area contributed by atoms with Crippen molar-refractivity contribution >= 4 is 6.21 Å². The van der Waals surface area contributed by atoms with Gasteiger partial charge in [-0.1, -0.05) is 0 Å². The third kappa shape index (κ3) is 3.59. The van der Waals surface area contributed by atoms with E-state index in [0.717, 1.165) is 18.7 Å². The monoisotopic (exact) mass is 181 g/mol. The number of rotatable bonds is 2. The van der Waals surface area contributed by atoms with Gasteiger partial charge in [-0.05, 0) is 51.7 Å². The molecule has 0 amide bonds. The minimum atomic E-state index is 0.506. The van der Waals surface area contributed by atoms with E-state index in [-0.39, 0.29) is 0 Å². The number of nitrogens with zero attached hydrogens (tertiary/aromatic N) is 2. The molecule has 0 aromatic heterocycles. The first-order valence-corrected chi connectivity index (χ1v) is 4.82. The van der Waals surface area contributed by atoms with Gasteiger partial charge in [0, 0.05) is 6.21 Å². The molecule has 0 radical (unpaired) electrons. The van der Waals surface area contributed by atoms with E-state index in [4.69, 9.17) is 5.73 Å². The number of allylic oxidation sites excluding steroid dienone is 1. The quantitative estimate of drug-likeness (QED) is 0.646. The average Bonchev–Trinajstić information content (AvgIpc) is 2.16. The number of likely N-dealkylation sites (tertiary alicyclic amines) is 1. The summed E-state index contributed by atoms with van der Waals surface area (Å²) in [6.07, 6.45) is 5.82. The number of hydrogen-bond donors (Lipinski definition) is 1. The number of hydrogen-bond acceptors (Lipinski definition) is 3. The Morgan fingerprint density at radius 2 is 2.08 bits per heavy atom. The molecule has 0 aromatic carbocycles. The van der Waals surface area contributed by atoms with Crippen LogP contribution >= 0.6 is 0 Å². The highest BCUT2D eigenvalue weighted by atomic mass is 15.1. The molecule has 0 aliphatic carbocycles. The Labute approximate surface area is 80.3 Å². The Morgan fingerprint density at radius 1 is 1.46 bits per heavy atom. The predicted molar refractivity (Wildman–Crippen MR) is 57.0 cm³/mol. The number of nitrogens with two attached hydrogens (primary N) is 1. The van der Waals surface area contributed by atoms with E-state index < -0.39 is 0 Å². The van der Waals surface area contributed by atoms with Crippen molar-refractivity contribution in [2.75, 3.05) is 20.1 Å². The van der Waals surface area contributed by atoms with Crippen molar-refractivity contribution in [3.63, 3.8) is 0 Å². The van der Waals surface area contributed by atoms with Gasteiger partial charge in [0.25, 0.3) is 0 Å². The van der Waals surface area contributed by atoms with Crippen LogP contribution in [0.5, 0.6) is 0 Å². The molecule has 0 atom stereocenters. The second-order valence-corrected chi connectivity index (χ2v) is 3.72. The molecule has 1 saturated heterocycles. The molecule has 1 rings (SSSR count). The van der Waals surface area contributed by atoms with E-state index >= 15 is 0 Å². The second kappa shape index (κ2) is 5.02. The standard InChI is InChI=1S/C10H19N3/c1-9(7-11)8-12-10-3-5-13(2)6-4-10/h7-8,10H,3-6,11H2,1-2H3. The van der Waals surface area contributed by atoms with E-state index in [1.165, 1.54) is 12.8 Å². The minimum Gasteiger partial charge on any atom is -0.404 e. The van der Waals surface area contributed by atoms with Crippen LogP contribution < -0.4 is 5.73 Å². The van der Waals surface area contributed by atoms with Crippen LogP contribution in [0, 0.1) is 0 Å². The largest absolute Gasteiger partial charge is 0.404 e. The van der Waals surface area contributed by atoms with Gasteiger partial charge >= 0.3 is 0 Å². The smallest absolute Gasteiger partial charge is 0.0524 e. The van der Waals surface area contributed by atoms with E-state index in [1.54, 1.807) is 6.20 Å². The molecule has 2 N–H and O–H groups in total. The molecular formula is C10H19N3. The van der Waals surface area contributed by atoms with Crippen molar-refractivity contribution in [2.45, 2.75) is 25.8 Å². The van der Waals surface area contributed by atoms with E-state index in [1.807, 2.05) is 13.1 Å². The zero-order chi connectivity index (χ0) is 9.68. The SMILES string of the molecule is CC(C=NC1CCN(C)CC1)=CN. The van der Waals surface area contributed by atoms with Gasteiger partial charge in [-0.25, -0.2) is 0 Å². The summed E-state index contributed by atoms with van der Waals surface area (Å²) in [7, 11) is 2.16. The number of piperidine rings is 1. The highest BCUT2D eigenvalue weighted by Gasteiger charge is 2.14. The summed E-state index contributed by atoms with van der Waals surface area (Å²) >= 11 is 0. The molecule has 0 bridgehead atoms. The van der Waals surface area contributed by atoms with Gasteiger partial charge in [0.1, 0.15) is 0 Å². The fraction of sp³-hybridized carbons (Fsp3) is 0.700. The van der Waals surface area contributed by atoms with Gasteiger partial charge in [0.05, 0.1) is 6.04 Å². The highest BCUT2D eigenvalue weighted by molar-refractivity contribution is 5.77. The lowest BCUT2D eigenvalue weighted by atomic mass is 10.1. The summed E-state index contributed by atoms with van der Waals surface area (Å²) < 4.78 is 0. The van der Waals surface area contributed by atoms with Crippen LogP contribution in [0.1, 0.15) is 19.8 Å². The molecule has 1 fully saturated rings. The maximum absolute atomic E-state index is 5.35. The summed E-state index contributed by atoms with van der Waals surface area (Å²) in [6, 6.07) is 0.506. The summed E-state index contributed by atoms with van der Waals surface area (Å²) in [5, 5.41) is 0. The molecule has 1 heterocycles. The molecule has 0 aromatic rings. The molecule has 0 unspecified atom stereocenters. The van der Waals surface area contributed by atoms with Crippen molar-refractivity contribution in [2.24, 2.45) is 10.7 Å². The third-order valence-corrected chi connectivity index (χ3v) is 2.44. The zero-order valence-electron chi connectivity index (χ0n) is 8.53. The Kier molecular flexibility index (Phi) is 3.96. The Bertz CT molecular complexity index is 200. The van der Waals surface area contributed by atoms with E-state index in [0.29, 0.717) is 6.04 Å². The van der Waals surface area contributed by atoms with E-state index in [2.05, 4.69) is 16.9 Å². The van der Waals surface area contributed by atoms with Crippen LogP contribution in [0.3, 0.4) is 0 Å². The molecule has 3 nitrogen and oxygen atoms in total. The van der Waals surface area contributed by atoms with Crippen molar-refractivity contribution in [1.29, 1.82) is 0 Å². The Morgan fingerprint density at radius 3 is 2.62 bits per heavy atom. The van der Waals surface area contributed by atoms with Crippen LogP contribution in [0.2, 0.25) is 0 Å². The van der Waals surface area contributed by atoms with Gasteiger partial charge < -0.3 is 10.6 Å². The first-order valence-electron chi connectivity index (χ1n) is 4.82. The minimum absolute atomic E-state index is 0.506. The molecule has 0 spiro atoms. The number of aliphatic imine (C=N–C) groups is 1. The molecule has 1 aliphatic heterocycles. The average molecular weight is 181 g/mol. The predicted octanol–water partition coefficient (Wildman–Crippen LogP) is 1.01. The fourth-order valence-corrected chi connectivity index (χ4v) is 1.41. The van der Waals surface area contributed by atoms with Crippen LogP contribution in [0.15, 0.2) is 16.8 Å². The summed E-state index contributed by atoms with van der Waals surface area (Å²) in [5.41, 5.74) is 6.39. The van der Waals surface area contributed by atoms with Crippen LogP contribution in [0.4, 0.5) is 0 Å². The Balaban J connectivity index is 2.34. The normalized spacial score (nSPS) is 22.8. The molecule has 13 heavy (non-hydrogen) atoms. The first-order chi connectivity index (χ1) is 6.22. The summed E-state index contributed by atoms with van der Waals surface area (Å²) in [5.74, 6) is 0. The van der Waals surface area contributed by atoms with Gasteiger partial charge in [-0.15, -0.1) is 0 Å². The van der Waals surface area contributed by atoms with Gasteiger partial charge in [0.15, 0.2) is 0 Å². The summed E-state index contributed by atoms with van der Waals surface area (Å²) in [4.78, 5) is 6.83. The maximum Gasteiger partial charge on any atom is 0.0524 e. The fourth-order valence-electron chi connectivity index (χ4n) is 1.41. The van der Waals surface area contributed by atoms with Crippen molar-refractivity contribution < 1.29 is 0 Å². The lowest BCUT2D eigenvalue weighted by molar-refractivity contribution is 0.257. The highest BCUT2D eigenvalue weighted by Crippen LogP contribution is 2.11. The topological polar surface area (TPSA) is 41.6 Å². The molecule has 1 aliphatic rings. The maximum atomic E-state index is 5.35. The second-order valence-electron chi connectivity index (χ2n) is 3.72. The zero-order valence-corrected chi connectivity index (χ0v) is 8.53. The molecular weight excluding hydrogens is 162 g/mol. The molecule has 0 saturated carbocycles. The first kappa shape index (κ1) is 10.3. The van der Waals surface area contributed by atoms with Crippen molar-refractivity contribution in [3.05, 3.63) is 11.8 Å². The van der Waals surface area contributed by atoms with E-state index in [9.17, 15) is 0 Å². The molecule has 3 heteroatoms. The van der Waals surface area contributed by atoms with Gasteiger partial charge in [-0.3, -0.25) is 4.99 Å². The lowest BCUT2D eigenvalue weighted by Gasteiger charge is -2.26. The van der Waals surface area contributed by atoms with Gasteiger partial charge in [0.2, 0.25) is 0 Å². The molecule has 74 valence electrons. The van der Waals surface area contributed by atoms with Crippen molar-refractivity contribution in [1.82, 2.24) is 4.90 Å². The van der Waals surface area contributed by atoms with Crippen LogP contribution in [-0.4, -0.2) is 37.3 Å².